The highest BCUT2D eigenvalue weighted by Gasteiger charge is 2.23. The van der Waals surface area contributed by atoms with Gasteiger partial charge in [-0.2, -0.15) is 0 Å². The van der Waals surface area contributed by atoms with Crippen molar-refractivity contribution in [3.8, 4) is 0 Å². The molecule has 1 amide bonds. The second-order valence-corrected chi connectivity index (χ2v) is 9.89. The first kappa shape index (κ1) is 23.3. The van der Waals surface area contributed by atoms with Crippen LogP contribution in [0.1, 0.15) is 52.4 Å². The molecule has 164 valence electrons. The fourth-order valence-electron chi connectivity index (χ4n) is 3.71. The highest BCUT2D eigenvalue weighted by Crippen LogP contribution is 2.25. The summed E-state index contributed by atoms with van der Waals surface area (Å²) in [5.41, 5.74) is 0.562. The normalized spacial score (nSPS) is 16.0. The maximum Gasteiger partial charge on any atom is 0.262 e. The van der Waals surface area contributed by atoms with Crippen molar-refractivity contribution in [1.82, 2.24) is 14.9 Å². The Labute approximate surface area is 190 Å². The van der Waals surface area contributed by atoms with Gasteiger partial charge in [0.1, 0.15) is 0 Å². The van der Waals surface area contributed by atoms with E-state index in [4.69, 9.17) is 9.72 Å². The van der Waals surface area contributed by atoms with Crippen LogP contribution in [0, 0.1) is 0 Å². The topological polar surface area (TPSA) is 73.2 Å². The minimum atomic E-state index is -0.329. The third kappa shape index (κ3) is 6.08. The molecule has 1 aromatic carbocycles. The molecule has 1 fully saturated rings. The van der Waals surface area contributed by atoms with Crippen molar-refractivity contribution < 1.29 is 9.53 Å². The Hall–Kier alpha value is -1.38. The van der Waals surface area contributed by atoms with Crippen LogP contribution in [0.5, 0.6) is 0 Å². The lowest BCUT2D eigenvalue weighted by atomic mass is 9.95. The summed E-state index contributed by atoms with van der Waals surface area (Å²) >= 11 is 4.79. The molecule has 0 saturated heterocycles. The quantitative estimate of drug-likeness (QED) is 0.314. The standard InChI is InChI=1S/C22H30BrN3O3S/c1-3-29-13-7-12-26-21(28)18-14-16(23)10-11-19(18)25-22(26)30-15(2)20(27)24-17-8-5-4-6-9-17/h10-11,14-15,17H,3-9,12-13H2,1-2H3,(H,24,27). The number of nitrogens with zero attached hydrogens (tertiary/aromatic N) is 2. The number of carbonyl (C=O) groups excluding carboxylic acids is 1. The number of fused-ring (bicyclic) bond motifs is 1. The molecule has 1 aliphatic carbocycles. The fourth-order valence-corrected chi connectivity index (χ4v) is 5.01. The minimum Gasteiger partial charge on any atom is -0.382 e. The molecule has 1 aliphatic rings. The lowest BCUT2D eigenvalue weighted by Crippen LogP contribution is -2.40. The molecule has 0 aliphatic heterocycles. The Kier molecular flexibility index (Phi) is 8.77. The number of halogens is 1. The largest absolute Gasteiger partial charge is 0.382 e. The van der Waals surface area contributed by atoms with Gasteiger partial charge in [0.2, 0.25) is 5.91 Å². The molecule has 1 unspecified atom stereocenters. The van der Waals surface area contributed by atoms with Crippen LogP contribution in [0.15, 0.2) is 32.6 Å². The lowest BCUT2D eigenvalue weighted by Gasteiger charge is -2.24. The van der Waals surface area contributed by atoms with Crippen molar-refractivity contribution in [2.24, 2.45) is 0 Å². The van der Waals surface area contributed by atoms with Crippen molar-refractivity contribution in [2.45, 2.75) is 75.4 Å². The van der Waals surface area contributed by atoms with Gasteiger partial charge in [-0.3, -0.25) is 14.2 Å². The van der Waals surface area contributed by atoms with Gasteiger partial charge in [-0.15, -0.1) is 0 Å². The van der Waals surface area contributed by atoms with Gasteiger partial charge in [0.15, 0.2) is 5.16 Å². The van der Waals surface area contributed by atoms with Gasteiger partial charge in [-0.05, 0) is 51.3 Å². The van der Waals surface area contributed by atoms with Gasteiger partial charge in [0.05, 0.1) is 16.2 Å². The van der Waals surface area contributed by atoms with E-state index < -0.39 is 0 Å². The summed E-state index contributed by atoms with van der Waals surface area (Å²) in [7, 11) is 0. The SMILES string of the molecule is CCOCCCn1c(SC(C)C(=O)NC2CCCCC2)nc2ccc(Br)cc2c1=O. The molecule has 1 heterocycles. The minimum absolute atomic E-state index is 0.0120. The molecule has 1 atom stereocenters. The fraction of sp³-hybridized carbons (Fsp3) is 0.591. The highest BCUT2D eigenvalue weighted by molar-refractivity contribution is 9.10. The zero-order chi connectivity index (χ0) is 21.5. The zero-order valence-corrected chi connectivity index (χ0v) is 20.1. The first-order chi connectivity index (χ1) is 14.5. The summed E-state index contributed by atoms with van der Waals surface area (Å²) < 4.78 is 7.96. The van der Waals surface area contributed by atoms with E-state index in [9.17, 15) is 9.59 Å². The van der Waals surface area contributed by atoms with Crippen LogP contribution in [-0.2, 0) is 16.1 Å². The molecular weight excluding hydrogens is 466 g/mol. The number of nitrogens with one attached hydrogen (secondary N) is 1. The Morgan fingerprint density at radius 1 is 1.37 bits per heavy atom. The highest BCUT2D eigenvalue weighted by atomic mass is 79.9. The van der Waals surface area contributed by atoms with E-state index in [1.807, 2.05) is 26.0 Å². The molecule has 0 spiro atoms. The molecule has 1 N–H and O–H groups in total. The zero-order valence-electron chi connectivity index (χ0n) is 17.7. The molecule has 3 rings (SSSR count). The second-order valence-electron chi connectivity index (χ2n) is 7.67. The number of hydrogen-bond donors (Lipinski definition) is 1. The Balaban J connectivity index is 1.81. The number of carbonyl (C=O) groups is 1. The van der Waals surface area contributed by atoms with Gasteiger partial charge in [-0.1, -0.05) is 47.0 Å². The van der Waals surface area contributed by atoms with Crippen molar-refractivity contribution in [1.29, 1.82) is 0 Å². The van der Waals surface area contributed by atoms with Crippen molar-refractivity contribution in [3.63, 3.8) is 0 Å². The molecule has 8 heteroatoms. The summed E-state index contributed by atoms with van der Waals surface area (Å²) in [6.45, 7) is 5.58. The molecule has 0 radical (unpaired) electrons. The van der Waals surface area contributed by atoms with Crippen LogP contribution >= 0.6 is 27.7 Å². The number of rotatable bonds is 9. The second kappa shape index (κ2) is 11.3. The van der Waals surface area contributed by atoms with E-state index in [-0.39, 0.29) is 22.8 Å². The van der Waals surface area contributed by atoms with Gasteiger partial charge in [0, 0.05) is 30.3 Å². The Morgan fingerprint density at radius 3 is 2.87 bits per heavy atom. The maximum atomic E-state index is 13.2. The first-order valence-corrected chi connectivity index (χ1v) is 12.4. The number of amides is 1. The summed E-state index contributed by atoms with van der Waals surface area (Å²) in [5.74, 6) is 0.0120. The predicted molar refractivity (Wildman–Crippen MR) is 125 cm³/mol. The lowest BCUT2D eigenvalue weighted by molar-refractivity contribution is -0.121. The average molecular weight is 496 g/mol. The third-order valence-electron chi connectivity index (χ3n) is 5.36. The van der Waals surface area contributed by atoms with Gasteiger partial charge in [-0.25, -0.2) is 4.98 Å². The Morgan fingerprint density at radius 2 is 2.13 bits per heavy atom. The van der Waals surface area contributed by atoms with Gasteiger partial charge < -0.3 is 10.1 Å². The van der Waals surface area contributed by atoms with Crippen LogP contribution in [0.4, 0.5) is 0 Å². The summed E-state index contributed by atoms with van der Waals surface area (Å²) in [6, 6.07) is 5.78. The van der Waals surface area contributed by atoms with Crippen LogP contribution < -0.4 is 10.9 Å². The summed E-state index contributed by atoms with van der Waals surface area (Å²) in [4.78, 5) is 30.7. The smallest absolute Gasteiger partial charge is 0.262 e. The number of hydrogen-bond acceptors (Lipinski definition) is 5. The van der Waals surface area contributed by atoms with Crippen molar-refractivity contribution in [3.05, 3.63) is 33.0 Å². The third-order valence-corrected chi connectivity index (χ3v) is 6.94. The Bertz CT molecular complexity index is 928. The monoisotopic (exact) mass is 495 g/mol. The van der Waals surface area contributed by atoms with Crippen LogP contribution in [-0.4, -0.2) is 40.0 Å². The van der Waals surface area contributed by atoms with Crippen LogP contribution in [0.25, 0.3) is 10.9 Å². The molecule has 1 saturated carbocycles. The molecule has 1 aromatic heterocycles. The number of benzene rings is 1. The first-order valence-electron chi connectivity index (χ1n) is 10.7. The number of ether oxygens (including phenoxy) is 1. The number of thioether (sulfide) groups is 1. The van der Waals surface area contributed by atoms with E-state index in [1.165, 1.54) is 31.0 Å². The molecule has 6 nitrogen and oxygen atoms in total. The van der Waals surface area contributed by atoms with E-state index in [0.717, 1.165) is 17.3 Å². The van der Waals surface area contributed by atoms with Gasteiger partial charge in [0.25, 0.3) is 5.56 Å². The van der Waals surface area contributed by atoms with E-state index >= 15 is 0 Å². The maximum absolute atomic E-state index is 13.2. The van der Waals surface area contributed by atoms with Gasteiger partial charge >= 0.3 is 0 Å². The molecular formula is C22H30BrN3O3S. The van der Waals surface area contributed by atoms with E-state index in [1.54, 1.807) is 10.6 Å². The van der Waals surface area contributed by atoms with Crippen LogP contribution in [0.2, 0.25) is 0 Å². The molecule has 0 bridgehead atoms. The molecule has 2 aromatic rings. The van der Waals surface area contributed by atoms with Crippen molar-refractivity contribution >= 4 is 44.5 Å². The predicted octanol–water partition coefficient (Wildman–Crippen LogP) is 4.52. The van der Waals surface area contributed by atoms with Crippen LogP contribution in [0.3, 0.4) is 0 Å². The van der Waals surface area contributed by atoms with E-state index in [2.05, 4.69) is 21.2 Å². The molecule has 30 heavy (non-hydrogen) atoms. The van der Waals surface area contributed by atoms with E-state index in [0.29, 0.717) is 42.2 Å². The number of aromatic nitrogens is 2. The summed E-state index contributed by atoms with van der Waals surface area (Å²) in [6.07, 6.45) is 6.41. The summed E-state index contributed by atoms with van der Waals surface area (Å²) in [5, 5.41) is 4.00. The average Bonchev–Trinajstić information content (AvgIpc) is 2.74. The van der Waals surface area contributed by atoms with Crippen molar-refractivity contribution in [2.75, 3.05) is 13.2 Å².